The van der Waals surface area contributed by atoms with Crippen LogP contribution in [-0.4, -0.2) is 11.1 Å². The van der Waals surface area contributed by atoms with Crippen LogP contribution in [0, 0.1) is 17.5 Å². The van der Waals surface area contributed by atoms with Crippen molar-refractivity contribution >= 4 is 11.5 Å². The number of halogens is 3. The van der Waals surface area contributed by atoms with Crippen molar-refractivity contribution in [1.82, 2.24) is 0 Å². The monoisotopic (exact) mass is 292 g/mol. The Bertz CT molecular complexity index is 719. The van der Waals surface area contributed by atoms with Gasteiger partial charge in [0.05, 0.1) is 0 Å². The molecule has 0 saturated carbocycles. The fourth-order valence-electron chi connectivity index (χ4n) is 1.93. The van der Waals surface area contributed by atoms with Gasteiger partial charge in [-0.3, -0.25) is 0 Å². The highest BCUT2D eigenvalue weighted by Gasteiger charge is 2.14. The first-order valence-electron chi connectivity index (χ1n) is 6.05. The first-order chi connectivity index (χ1) is 9.90. The lowest BCUT2D eigenvalue weighted by molar-refractivity contribution is -0.131. The van der Waals surface area contributed by atoms with Gasteiger partial charge < -0.3 is 5.11 Å². The Morgan fingerprint density at radius 3 is 2.19 bits per heavy atom. The molecule has 0 aromatic heterocycles. The summed E-state index contributed by atoms with van der Waals surface area (Å²) in [6.45, 7) is 1.63. The lowest BCUT2D eigenvalue weighted by atomic mass is 10.0. The second-order valence-electron chi connectivity index (χ2n) is 4.47. The molecule has 1 N–H and O–H groups in total. The molecule has 21 heavy (non-hydrogen) atoms. The van der Waals surface area contributed by atoms with Gasteiger partial charge in [0.15, 0.2) is 17.5 Å². The molecule has 0 bridgehead atoms. The van der Waals surface area contributed by atoms with Crippen molar-refractivity contribution in [2.24, 2.45) is 0 Å². The molecule has 2 aromatic rings. The van der Waals surface area contributed by atoms with Gasteiger partial charge in [0.2, 0.25) is 0 Å². The van der Waals surface area contributed by atoms with E-state index in [2.05, 4.69) is 0 Å². The zero-order valence-corrected chi connectivity index (χ0v) is 11.0. The van der Waals surface area contributed by atoms with E-state index in [1.54, 1.807) is 19.1 Å². The summed E-state index contributed by atoms with van der Waals surface area (Å²) in [5, 5.41) is 8.67. The first kappa shape index (κ1) is 14.8. The molecule has 0 spiro atoms. The fourth-order valence-corrected chi connectivity index (χ4v) is 1.93. The van der Waals surface area contributed by atoms with Crippen LogP contribution in [0.15, 0.2) is 42.5 Å². The summed E-state index contributed by atoms with van der Waals surface area (Å²) in [5.74, 6) is -5.07. The van der Waals surface area contributed by atoms with Crippen molar-refractivity contribution in [2.75, 3.05) is 0 Å². The molecule has 0 radical (unpaired) electrons. The van der Waals surface area contributed by atoms with Gasteiger partial charge in [-0.05, 0) is 35.8 Å². The van der Waals surface area contributed by atoms with E-state index in [0.717, 1.165) is 18.2 Å². The number of aliphatic carboxylic acids is 1. The van der Waals surface area contributed by atoms with Crippen molar-refractivity contribution in [3.05, 3.63) is 65.5 Å². The highest BCUT2D eigenvalue weighted by atomic mass is 19.2. The molecule has 0 aliphatic heterocycles. The van der Waals surface area contributed by atoms with Crippen LogP contribution in [0.2, 0.25) is 0 Å². The number of carbonyl (C=O) groups is 1. The van der Waals surface area contributed by atoms with Crippen LogP contribution in [-0.2, 0) is 4.79 Å². The maximum absolute atomic E-state index is 13.7. The van der Waals surface area contributed by atoms with E-state index in [1.165, 1.54) is 12.1 Å². The lowest BCUT2D eigenvalue weighted by Crippen LogP contribution is -1.94. The van der Waals surface area contributed by atoms with Gasteiger partial charge in [-0.25, -0.2) is 18.0 Å². The van der Waals surface area contributed by atoms with Gasteiger partial charge in [0.1, 0.15) is 0 Å². The Labute approximate surface area is 119 Å². The smallest absolute Gasteiger partial charge is 0.328 e. The molecule has 2 nitrogen and oxygen atoms in total. The topological polar surface area (TPSA) is 37.3 Å². The molecule has 108 valence electrons. The molecule has 0 unspecified atom stereocenters. The molecule has 2 aromatic carbocycles. The van der Waals surface area contributed by atoms with E-state index in [9.17, 15) is 18.0 Å². The number of carboxylic acid groups (broad SMARTS) is 1. The van der Waals surface area contributed by atoms with Gasteiger partial charge in [-0.2, -0.15) is 0 Å². The average Bonchev–Trinajstić information content (AvgIpc) is 2.44. The van der Waals surface area contributed by atoms with Gasteiger partial charge >= 0.3 is 5.97 Å². The van der Waals surface area contributed by atoms with Crippen molar-refractivity contribution in [1.29, 1.82) is 0 Å². The Hall–Kier alpha value is -2.56. The molecule has 0 amide bonds. The van der Waals surface area contributed by atoms with Crippen LogP contribution in [0.25, 0.3) is 16.7 Å². The van der Waals surface area contributed by atoms with E-state index in [0.29, 0.717) is 16.7 Å². The quantitative estimate of drug-likeness (QED) is 0.678. The second-order valence-corrected chi connectivity index (χ2v) is 4.47. The minimum Gasteiger partial charge on any atom is -0.478 e. The largest absolute Gasteiger partial charge is 0.478 e. The SMILES string of the molecule is C/C(=C\C(=O)O)c1ccc(-c2ccc(F)c(F)c2F)cc1. The third-order valence-corrected chi connectivity index (χ3v) is 3.03. The Morgan fingerprint density at radius 2 is 1.62 bits per heavy atom. The van der Waals surface area contributed by atoms with E-state index in [4.69, 9.17) is 5.11 Å². The Balaban J connectivity index is 2.40. The Morgan fingerprint density at radius 1 is 1.00 bits per heavy atom. The molecule has 0 aliphatic rings. The predicted molar refractivity (Wildman–Crippen MR) is 73.0 cm³/mol. The van der Waals surface area contributed by atoms with Crippen molar-refractivity contribution in [3.63, 3.8) is 0 Å². The number of hydrogen-bond acceptors (Lipinski definition) is 1. The molecule has 5 heteroatoms. The van der Waals surface area contributed by atoms with Gasteiger partial charge in [0, 0.05) is 11.6 Å². The van der Waals surface area contributed by atoms with Crippen molar-refractivity contribution in [2.45, 2.75) is 6.92 Å². The molecule has 0 aliphatic carbocycles. The molecular formula is C16H11F3O2. The summed E-state index contributed by atoms with van der Waals surface area (Å²) in [6, 6.07) is 8.23. The summed E-state index contributed by atoms with van der Waals surface area (Å²) < 4.78 is 39.8. The first-order valence-corrected chi connectivity index (χ1v) is 6.05. The molecule has 0 fully saturated rings. The minimum atomic E-state index is -1.52. The van der Waals surface area contributed by atoms with E-state index in [-0.39, 0.29) is 5.56 Å². The van der Waals surface area contributed by atoms with E-state index < -0.39 is 23.4 Å². The summed E-state index contributed by atoms with van der Waals surface area (Å²) in [6.07, 6.45) is 1.05. The molecule has 2 rings (SSSR count). The zero-order chi connectivity index (χ0) is 15.6. The number of allylic oxidation sites excluding steroid dienone is 1. The number of carboxylic acids is 1. The lowest BCUT2D eigenvalue weighted by Gasteiger charge is -2.07. The summed E-state index contributed by atoms with van der Waals surface area (Å²) in [7, 11) is 0. The van der Waals surface area contributed by atoms with Crippen molar-refractivity contribution < 1.29 is 23.1 Å². The van der Waals surface area contributed by atoms with Gasteiger partial charge in [0.25, 0.3) is 0 Å². The average molecular weight is 292 g/mol. The number of hydrogen-bond donors (Lipinski definition) is 1. The third-order valence-electron chi connectivity index (χ3n) is 3.03. The van der Waals surface area contributed by atoms with E-state index >= 15 is 0 Å². The van der Waals surface area contributed by atoms with Crippen LogP contribution >= 0.6 is 0 Å². The maximum atomic E-state index is 13.7. The zero-order valence-electron chi connectivity index (χ0n) is 11.0. The molecule has 0 saturated heterocycles. The number of rotatable bonds is 3. The third kappa shape index (κ3) is 3.13. The summed E-state index contributed by atoms with van der Waals surface area (Å²) in [4.78, 5) is 10.6. The van der Waals surface area contributed by atoms with Crippen LogP contribution in [0.1, 0.15) is 12.5 Å². The van der Waals surface area contributed by atoms with Gasteiger partial charge in [-0.15, -0.1) is 0 Å². The number of benzene rings is 2. The summed E-state index contributed by atoms with van der Waals surface area (Å²) >= 11 is 0. The summed E-state index contributed by atoms with van der Waals surface area (Å²) in [5.41, 5.74) is 1.49. The minimum absolute atomic E-state index is 0.0553. The van der Waals surface area contributed by atoms with Crippen molar-refractivity contribution in [3.8, 4) is 11.1 Å². The Kier molecular flexibility index (Phi) is 4.12. The van der Waals surface area contributed by atoms with Crippen LogP contribution < -0.4 is 0 Å². The van der Waals surface area contributed by atoms with Gasteiger partial charge in [-0.1, -0.05) is 24.3 Å². The standard InChI is InChI=1S/C16H11F3O2/c1-9(8-14(20)21)10-2-4-11(5-3-10)12-6-7-13(17)16(19)15(12)18/h2-8H,1H3,(H,20,21)/b9-8+. The van der Waals surface area contributed by atoms with E-state index in [1.807, 2.05) is 0 Å². The predicted octanol–water partition coefficient (Wildman–Crippen LogP) is 4.26. The highest BCUT2D eigenvalue weighted by molar-refractivity contribution is 5.89. The molecule has 0 heterocycles. The maximum Gasteiger partial charge on any atom is 0.328 e. The fraction of sp³-hybridized carbons (Fsp3) is 0.0625. The van der Waals surface area contributed by atoms with Crippen LogP contribution in [0.4, 0.5) is 13.2 Å². The highest BCUT2D eigenvalue weighted by Crippen LogP contribution is 2.27. The normalized spacial score (nSPS) is 11.5. The van der Waals surface area contributed by atoms with Crippen LogP contribution in [0.3, 0.4) is 0 Å². The van der Waals surface area contributed by atoms with Crippen LogP contribution in [0.5, 0.6) is 0 Å². The molecule has 0 atom stereocenters. The second kappa shape index (κ2) is 5.83. The molecular weight excluding hydrogens is 281 g/mol.